The van der Waals surface area contributed by atoms with Gasteiger partial charge in [-0.2, -0.15) is 0 Å². The van der Waals surface area contributed by atoms with Crippen LogP contribution < -0.4 is 25.0 Å². The first-order valence-electron chi connectivity index (χ1n) is 9.17. The fourth-order valence-electron chi connectivity index (χ4n) is 3.11. The summed E-state index contributed by atoms with van der Waals surface area (Å²) in [4.78, 5) is 25.6. The number of nitrogens with one attached hydrogen (secondary N) is 3. The summed E-state index contributed by atoms with van der Waals surface area (Å²) in [5.74, 6) is 0.934. The number of carbonyl (C=O) groups is 2. The predicted molar refractivity (Wildman–Crippen MR) is 107 cm³/mol. The number of benzene rings is 2. The van der Waals surface area contributed by atoms with E-state index in [-0.39, 0.29) is 5.91 Å². The lowest BCUT2D eigenvalue weighted by atomic mass is 10.0. The van der Waals surface area contributed by atoms with E-state index < -0.39 is 12.1 Å². The van der Waals surface area contributed by atoms with Crippen LogP contribution in [-0.4, -0.2) is 39.8 Å². The number of rotatable bonds is 8. The molecule has 2 rings (SSSR count). The maximum Gasteiger partial charge on any atom is 0.321 e. The minimum absolute atomic E-state index is 0.352. The average Bonchev–Trinajstić information content (AvgIpc) is 2.69. The SMILES string of the molecule is CCNC(=O)NC(=O)[C@@H](c1ccccc1)[NH+](C)Cc1ccc(OC)c(OC)c1. The Morgan fingerprint density at radius 1 is 1.04 bits per heavy atom. The van der Waals surface area contributed by atoms with Crippen LogP contribution in [0.3, 0.4) is 0 Å². The van der Waals surface area contributed by atoms with Gasteiger partial charge in [0.05, 0.1) is 21.3 Å². The van der Waals surface area contributed by atoms with Crippen molar-refractivity contribution in [3.63, 3.8) is 0 Å². The van der Waals surface area contributed by atoms with Gasteiger partial charge in [-0.05, 0) is 25.1 Å². The Morgan fingerprint density at radius 2 is 1.71 bits per heavy atom. The van der Waals surface area contributed by atoms with Crippen LogP contribution in [0.2, 0.25) is 0 Å². The second kappa shape index (κ2) is 10.3. The zero-order valence-electron chi connectivity index (χ0n) is 16.7. The van der Waals surface area contributed by atoms with Gasteiger partial charge in [0, 0.05) is 17.7 Å². The molecule has 7 nitrogen and oxygen atoms in total. The van der Waals surface area contributed by atoms with Crippen molar-refractivity contribution in [3.8, 4) is 11.5 Å². The molecule has 2 aromatic rings. The van der Waals surface area contributed by atoms with Crippen LogP contribution in [0.1, 0.15) is 24.1 Å². The van der Waals surface area contributed by atoms with E-state index in [1.165, 1.54) is 0 Å². The summed E-state index contributed by atoms with van der Waals surface area (Å²) in [5, 5.41) is 5.02. The molecule has 3 amide bonds. The summed E-state index contributed by atoms with van der Waals surface area (Å²) in [7, 11) is 5.10. The Labute approximate surface area is 165 Å². The van der Waals surface area contributed by atoms with Crippen molar-refractivity contribution < 1.29 is 24.0 Å². The minimum atomic E-state index is -0.545. The minimum Gasteiger partial charge on any atom is -0.493 e. The molecule has 150 valence electrons. The topological polar surface area (TPSA) is 81.1 Å². The Kier molecular flexibility index (Phi) is 7.83. The molecule has 28 heavy (non-hydrogen) atoms. The van der Waals surface area contributed by atoms with Crippen molar-refractivity contribution in [2.45, 2.75) is 19.5 Å². The molecule has 3 N–H and O–H groups in total. The van der Waals surface area contributed by atoms with Gasteiger partial charge in [0.15, 0.2) is 17.5 Å². The first-order valence-corrected chi connectivity index (χ1v) is 9.17. The van der Waals surface area contributed by atoms with Crippen LogP contribution in [0.5, 0.6) is 11.5 Å². The standard InChI is InChI=1S/C21H27N3O4/c1-5-22-21(26)23-20(25)19(16-9-7-6-8-10-16)24(2)14-15-11-12-17(27-3)18(13-15)28-4/h6-13,19H,5,14H2,1-4H3,(H2,22,23,25,26)/p+1/t19-/m1/s1. The third-order valence-corrected chi connectivity index (χ3v) is 4.39. The van der Waals surface area contributed by atoms with Crippen LogP contribution in [-0.2, 0) is 11.3 Å². The summed E-state index contributed by atoms with van der Waals surface area (Å²) < 4.78 is 10.6. The van der Waals surface area contributed by atoms with Gasteiger partial charge in [0.2, 0.25) is 0 Å². The van der Waals surface area contributed by atoms with E-state index in [2.05, 4.69) is 10.6 Å². The number of hydrogen-bond acceptors (Lipinski definition) is 4. The summed E-state index contributed by atoms with van der Waals surface area (Å²) in [6.45, 7) is 2.80. The molecular formula is C21H28N3O4+. The molecule has 0 aromatic heterocycles. The van der Waals surface area contributed by atoms with Gasteiger partial charge in [-0.1, -0.05) is 30.3 Å². The number of quaternary nitrogens is 1. The molecule has 0 spiro atoms. The maximum absolute atomic E-state index is 12.8. The fraction of sp³-hybridized carbons (Fsp3) is 0.333. The molecule has 7 heteroatoms. The fourth-order valence-corrected chi connectivity index (χ4v) is 3.11. The lowest BCUT2D eigenvalue weighted by Gasteiger charge is -2.24. The number of likely N-dealkylation sites (N-methyl/N-ethyl adjacent to an activating group) is 1. The molecule has 0 aliphatic rings. The highest BCUT2D eigenvalue weighted by atomic mass is 16.5. The van der Waals surface area contributed by atoms with E-state index in [9.17, 15) is 9.59 Å². The number of hydrogen-bond donors (Lipinski definition) is 3. The molecule has 0 fully saturated rings. The normalized spacial score (nSPS) is 12.6. The van der Waals surface area contributed by atoms with Gasteiger partial charge in [-0.25, -0.2) is 4.79 Å². The van der Waals surface area contributed by atoms with E-state index in [0.717, 1.165) is 16.0 Å². The third kappa shape index (κ3) is 5.47. The van der Waals surface area contributed by atoms with Gasteiger partial charge in [0.1, 0.15) is 6.54 Å². The summed E-state index contributed by atoms with van der Waals surface area (Å²) in [5.41, 5.74) is 1.82. The molecule has 0 radical (unpaired) electrons. The lowest BCUT2D eigenvalue weighted by Crippen LogP contribution is -3.09. The Bertz CT molecular complexity index is 795. The van der Waals surface area contributed by atoms with Gasteiger partial charge in [0.25, 0.3) is 5.91 Å². The number of amides is 3. The molecule has 2 atom stereocenters. The van der Waals surface area contributed by atoms with Crippen LogP contribution >= 0.6 is 0 Å². The number of urea groups is 1. The van der Waals surface area contributed by atoms with Crippen molar-refractivity contribution in [3.05, 3.63) is 59.7 Å². The van der Waals surface area contributed by atoms with E-state index >= 15 is 0 Å². The van der Waals surface area contributed by atoms with Crippen LogP contribution in [0.15, 0.2) is 48.5 Å². The van der Waals surface area contributed by atoms with Crippen molar-refractivity contribution in [1.82, 2.24) is 10.6 Å². The first kappa shape index (κ1) is 21.2. The number of imide groups is 1. The van der Waals surface area contributed by atoms with E-state index in [4.69, 9.17) is 9.47 Å². The zero-order valence-corrected chi connectivity index (χ0v) is 16.7. The van der Waals surface area contributed by atoms with Crippen molar-refractivity contribution in [1.29, 1.82) is 0 Å². The predicted octanol–water partition coefficient (Wildman–Crippen LogP) is 1.31. The Balaban J connectivity index is 2.25. The molecule has 1 unspecified atom stereocenters. The summed E-state index contributed by atoms with van der Waals surface area (Å²) >= 11 is 0. The van der Waals surface area contributed by atoms with Gasteiger partial charge in [-0.3, -0.25) is 10.1 Å². The van der Waals surface area contributed by atoms with Crippen molar-refractivity contribution in [2.24, 2.45) is 0 Å². The van der Waals surface area contributed by atoms with E-state index in [1.807, 2.05) is 55.6 Å². The van der Waals surface area contributed by atoms with Crippen LogP contribution in [0.25, 0.3) is 0 Å². The highest BCUT2D eigenvalue weighted by Crippen LogP contribution is 2.27. The monoisotopic (exact) mass is 386 g/mol. The highest BCUT2D eigenvalue weighted by Gasteiger charge is 2.30. The van der Waals surface area contributed by atoms with Crippen LogP contribution in [0.4, 0.5) is 4.79 Å². The zero-order chi connectivity index (χ0) is 20.5. The van der Waals surface area contributed by atoms with E-state index in [1.54, 1.807) is 21.1 Å². The second-order valence-electron chi connectivity index (χ2n) is 6.40. The van der Waals surface area contributed by atoms with Gasteiger partial charge < -0.3 is 19.7 Å². The average molecular weight is 386 g/mol. The van der Waals surface area contributed by atoms with Crippen molar-refractivity contribution in [2.75, 3.05) is 27.8 Å². The smallest absolute Gasteiger partial charge is 0.321 e. The van der Waals surface area contributed by atoms with E-state index in [0.29, 0.717) is 24.6 Å². The Hall–Kier alpha value is -3.06. The maximum atomic E-state index is 12.8. The number of methoxy groups -OCH3 is 2. The molecule has 0 saturated heterocycles. The first-order chi connectivity index (χ1) is 13.5. The molecule has 0 saturated carbocycles. The highest BCUT2D eigenvalue weighted by molar-refractivity contribution is 5.96. The summed E-state index contributed by atoms with van der Waals surface area (Å²) in [6.07, 6.45) is 0. The molecular weight excluding hydrogens is 358 g/mol. The third-order valence-electron chi connectivity index (χ3n) is 4.39. The van der Waals surface area contributed by atoms with Gasteiger partial charge >= 0.3 is 6.03 Å². The molecule has 0 aliphatic heterocycles. The number of ether oxygens (including phenoxy) is 2. The molecule has 0 bridgehead atoms. The molecule has 2 aromatic carbocycles. The summed E-state index contributed by atoms with van der Waals surface area (Å²) in [6, 6.07) is 14.1. The number of carbonyl (C=O) groups excluding carboxylic acids is 2. The Morgan fingerprint density at radius 3 is 2.32 bits per heavy atom. The van der Waals surface area contributed by atoms with Crippen molar-refractivity contribution >= 4 is 11.9 Å². The molecule has 0 aliphatic carbocycles. The second-order valence-corrected chi connectivity index (χ2v) is 6.40. The largest absolute Gasteiger partial charge is 0.493 e. The lowest BCUT2D eigenvalue weighted by molar-refractivity contribution is -0.916. The molecule has 0 heterocycles. The van der Waals surface area contributed by atoms with Gasteiger partial charge in [-0.15, -0.1) is 0 Å². The quantitative estimate of drug-likeness (QED) is 0.639. The van der Waals surface area contributed by atoms with Crippen LogP contribution in [0, 0.1) is 0 Å².